The fourth-order valence-electron chi connectivity index (χ4n) is 6.13. The number of nitrogens with one attached hydrogen (secondary N) is 3. The number of nitrogens with zero attached hydrogens (tertiary/aromatic N) is 2. The highest BCUT2D eigenvalue weighted by molar-refractivity contribution is 7.98. The van der Waals surface area contributed by atoms with Gasteiger partial charge in [-0.25, -0.2) is 4.98 Å². The number of anilines is 1. The van der Waals surface area contributed by atoms with Gasteiger partial charge in [0.1, 0.15) is 6.04 Å². The summed E-state index contributed by atoms with van der Waals surface area (Å²) in [6, 6.07) is 13.8. The van der Waals surface area contributed by atoms with Gasteiger partial charge < -0.3 is 34.7 Å². The minimum absolute atomic E-state index is 0.198. The average Bonchev–Trinajstić information content (AvgIpc) is 3.34. The van der Waals surface area contributed by atoms with Crippen LogP contribution in [0.1, 0.15) is 36.9 Å². The molecule has 4 aromatic rings. The number of para-hydroxylation sites is 2. The van der Waals surface area contributed by atoms with Crippen LogP contribution in [0.4, 0.5) is 5.69 Å². The summed E-state index contributed by atoms with van der Waals surface area (Å²) in [5.74, 6) is 1.75. The van der Waals surface area contributed by atoms with E-state index in [2.05, 4.69) is 20.9 Å². The number of benzene rings is 2. The molecule has 2 atom stereocenters. The normalized spacial score (nSPS) is 14.3. The Morgan fingerprint density at radius 1 is 1.06 bits per heavy atom. The van der Waals surface area contributed by atoms with E-state index < -0.39 is 12.1 Å². The molecule has 1 aliphatic rings. The number of fused-ring (bicyclic) bond motifs is 4. The van der Waals surface area contributed by atoms with Crippen LogP contribution in [0.25, 0.3) is 22.2 Å². The van der Waals surface area contributed by atoms with Crippen LogP contribution in [0.15, 0.2) is 59.7 Å². The summed E-state index contributed by atoms with van der Waals surface area (Å²) in [5, 5.41) is 9.30. The fraction of sp³-hybridized carbons (Fsp3) is 0.371. The first-order valence-corrected chi connectivity index (χ1v) is 16.9. The number of aromatic nitrogens is 2. The van der Waals surface area contributed by atoms with E-state index in [1.807, 2.05) is 47.2 Å². The van der Waals surface area contributed by atoms with Gasteiger partial charge in [0.15, 0.2) is 11.5 Å². The molecule has 1 heterocycles. The summed E-state index contributed by atoms with van der Waals surface area (Å²) in [7, 11) is 4.68. The molecule has 12 heteroatoms. The number of amides is 2. The van der Waals surface area contributed by atoms with E-state index in [4.69, 9.17) is 14.2 Å². The van der Waals surface area contributed by atoms with Crippen molar-refractivity contribution in [3.05, 3.63) is 76.2 Å². The number of carbonyl (C=O) groups is 2. The molecule has 47 heavy (non-hydrogen) atoms. The van der Waals surface area contributed by atoms with Crippen LogP contribution < -0.4 is 35.6 Å². The second-order valence-electron chi connectivity index (χ2n) is 11.3. The maximum absolute atomic E-state index is 13.9. The molecule has 0 aliphatic heterocycles. The Morgan fingerprint density at radius 2 is 1.85 bits per heavy atom. The predicted octanol–water partition coefficient (Wildman–Crippen LogP) is 4.56. The number of rotatable bonds is 13. The summed E-state index contributed by atoms with van der Waals surface area (Å²) < 4.78 is 19.2. The Balaban J connectivity index is 1.49. The van der Waals surface area contributed by atoms with Crippen molar-refractivity contribution in [2.24, 2.45) is 0 Å². The van der Waals surface area contributed by atoms with Crippen molar-refractivity contribution in [2.45, 2.75) is 44.8 Å². The minimum atomic E-state index is -0.644. The number of aryl methyl sites for hydroxylation is 1. The Hall–Kier alpha value is -4.71. The Bertz CT molecular complexity index is 1830. The van der Waals surface area contributed by atoms with E-state index in [-0.39, 0.29) is 22.9 Å². The van der Waals surface area contributed by atoms with Crippen molar-refractivity contribution in [1.29, 1.82) is 0 Å². The molecular weight excluding hydrogens is 618 g/mol. The lowest BCUT2D eigenvalue weighted by Crippen LogP contribution is -2.42. The molecule has 0 bridgehead atoms. The number of imidazole rings is 1. The highest BCUT2D eigenvalue weighted by atomic mass is 32.2. The third-order valence-corrected chi connectivity index (χ3v) is 9.00. The molecule has 0 radical (unpaired) electrons. The summed E-state index contributed by atoms with van der Waals surface area (Å²) in [5.41, 5.74) is 4.95. The second kappa shape index (κ2) is 15.3. The smallest absolute Gasteiger partial charge is 0.242 e. The van der Waals surface area contributed by atoms with Crippen LogP contribution in [0.2, 0.25) is 0 Å². The zero-order valence-corrected chi connectivity index (χ0v) is 28.2. The monoisotopic (exact) mass is 659 g/mol. The van der Waals surface area contributed by atoms with E-state index in [0.29, 0.717) is 55.2 Å². The molecule has 0 saturated carbocycles. The predicted molar refractivity (Wildman–Crippen MR) is 186 cm³/mol. The van der Waals surface area contributed by atoms with Gasteiger partial charge >= 0.3 is 0 Å². The van der Waals surface area contributed by atoms with Crippen LogP contribution in [0.3, 0.4) is 0 Å². The fourth-order valence-corrected chi connectivity index (χ4v) is 6.60. The molecule has 11 nitrogen and oxygen atoms in total. The zero-order chi connectivity index (χ0) is 33.5. The molecule has 3 N–H and O–H groups in total. The van der Waals surface area contributed by atoms with Gasteiger partial charge in [0.25, 0.3) is 0 Å². The van der Waals surface area contributed by atoms with Gasteiger partial charge in [-0.05, 0) is 78.3 Å². The number of carbonyl (C=O) groups excluding carboxylic acids is 2. The lowest BCUT2D eigenvalue weighted by Gasteiger charge is -2.19. The van der Waals surface area contributed by atoms with Gasteiger partial charge in [0.05, 0.1) is 50.4 Å². The van der Waals surface area contributed by atoms with Crippen LogP contribution in [-0.4, -0.2) is 67.3 Å². The van der Waals surface area contributed by atoms with Gasteiger partial charge in [-0.1, -0.05) is 18.2 Å². The number of ether oxygens (including phenoxy) is 3. The Morgan fingerprint density at radius 3 is 2.57 bits per heavy atom. The summed E-state index contributed by atoms with van der Waals surface area (Å²) in [6.45, 7) is 2.42. The molecule has 1 aromatic heterocycles. The third kappa shape index (κ3) is 7.32. The topological polar surface area (TPSA) is 133 Å². The van der Waals surface area contributed by atoms with Gasteiger partial charge in [-0.2, -0.15) is 11.8 Å². The lowest BCUT2D eigenvalue weighted by atomic mass is 9.95. The molecule has 5 rings (SSSR count). The van der Waals surface area contributed by atoms with E-state index in [9.17, 15) is 14.4 Å². The van der Waals surface area contributed by atoms with Gasteiger partial charge in [0.2, 0.25) is 23.0 Å². The van der Waals surface area contributed by atoms with Crippen LogP contribution in [0, 0.1) is 0 Å². The molecule has 0 fully saturated rings. The first kappa shape index (κ1) is 33.6. The highest BCUT2D eigenvalue weighted by Crippen LogP contribution is 2.50. The van der Waals surface area contributed by atoms with Crippen molar-refractivity contribution in [3.8, 4) is 28.4 Å². The molecule has 1 aliphatic carbocycles. The van der Waals surface area contributed by atoms with E-state index in [1.165, 1.54) is 6.92 Å². The first-order chi connectivity index (χ1) is 22.8. The molecule has 0 unspecified atom stereocenters. The van der Waals surface area contributed by atoms with Crippen molar-refractivity contribution < 1.29 is 23.8 Å². The Labute approximate surface area is 278 Å². The van der Waals surface area contributed by atoms with Crippen molar-refractivity contribution >= 4 is 40.3 Å². The molecule has 3 aromatic carbocycles. The maximum Gasteiger partial charge on any atom is 0.242 e. The summed E-state index contributed by atoms with van der Waals surface area (Å²) >= 11 is 1.63. The maximum atomic E-state index is 13.9. The van der Waals surface area contributed by atoms with Crippen molar-refractivity contribution in [3.63, 3.8) is 0 Å². The molecular formula is C35H41N5O6S. The van der Waals surface area contributed by atoms with Gasteiger partial charge in [-0.15, -0.1) is 0 Å². The summed E-state index contributed by atoms with van der Waals surface area (Å²) in [6.07, 6.45) is 5.41. The quantitative estimate of drug-likeness (QED) is 0.189. The molecule has 248 valence electrons. The molecule has 0 spiro atoms. The van der Waals surface area contributed by atoms with Crippen LogP contribution in [0.5, 0.6) is 17.2 Å². The standard InChI is InChI=1S/C35H41N5O6S/c1-21(41)38-25-12-10-22-18-31(44-2)33(45-3)34(46-4)32(22)23-11-13-27(30(42)19-24(23)25)39-28(14-17-47-5)35(43)36-15-16-40-20-37-26-8-6-7-9-29(26)40/h6-9,11,13,18-20,25,28H,10,12,14-17H2,1-5H3,(H,36,43)(H,38,41)(H,39,42)/t25-,28-/m0/s1. The average molecular weight is 660 g/mol. The van der Waals surface area contributed by atoms with Crippen LogP contribution >= 0.6 is 11.8 Å². The first-order valence-electron chi connectivity index (χ1n) is 15.5. The number of hydrogen-bond donors (Lipinski definition) is 3. The van der Waals surface area contributed by atoms with Crippen LogP contribution in [-0.2, 0) is 22.6 Å². The SMILES string of the molecule is COc1cc2c(c(OC)c1OC)-c1ccc(N[C@@H](CCSC)C(=O)NCCn3cnc4ccccc43)c(=O)cc1[C@@H](NC(C)=O)CC2. The van der Waals surface area contributed by atoms with Gasteiger partial charge in [-0.3, -0.25) is 14.4 Å². The third-order valence-electron chi connectivity index (χ3n) is 8.35. The van der Waals surface area contributed by atoms with E-state index in [0.717, 1.165) is 33.5 Å². The number of hydrogen-bond acceptors (Lipinski definition) is 9. The second-order valence-corrected chi connectivity index (χ2v) is 12.3. The van der Waals surface area contributed by atoms with E-state index >= 15 is 0 Å². The zero-order valence-electron chi connectivity index (χ0n) is 27.3. The molecule has 0 saturated heterocycles. The van der Waals surface area contributed by atoms with Crippen molar-refractivity contribution in [1.82, 2.24) is 20.2 Å². The molecule has 2 amide bonds. The van der Waals surface area contributed by atoms with E-state index in [1.54, 1.807) is 51.6 Å². The highest BCUT2D eigenvalue weighted by Gasteiger charge is 2.30. The van der Waals surface area contributed by atoms with Gasteiger partial charge in [0, 0.05) is 25.6 Å². The summed E-state index contributed by atoms with van der Waals surface area (Å²) in [4.78, 5) is 44.1. The number of methoxy groups -OCH3 is 3. The Kier molecular flexibility index (Phi) is 10.9. The number of thioether (sulfide) groups is 1. The largest absolute Gasteiger partial charge is 0.493 e. The lowest BCUT2D eigenvalue weighted by molar-refractivity contribution is -0.122. The van der Waals surface area contributed by atoms with Crippen molar-refractivity contribution in [2.75, 3.05) is 45.2 Å². The minimum Gasteiger partial charge on any atom is -0.493 e.